The summed E-state index contributed by atoms with van der Waals surface area (Å²) < 4.78 is 0. The molecule has 0 saturated carbocycles. The normalized spacial score (nSPS) is 18.2. The number of nitrogens with zero attached hydrogens (tertiary/aromatic N) is 2. The number of likely N-dealkylation sites (tertiary alicyclic amines) is 1. The molecular weight excluding hydrogens is 208 g/mol. The summed E-state index contributed by atoms with van der Waals surface area (Å²) in [5.41, 5.74) is -0.746. The average Bonchev–Trinajstić information content (AvgIpc) is 2.11. The van der Waals surface area contributed by atoms with Gasteiger partial charge in [-0.05, 0) is 5.92 Å². The van der Waals surface area contributed by atoms with Gasteiger partial charge in [0, 0.05) is 14.0 Å². The molecule has 0 atom stereocenters. The monoisotopic (exact) mass is 228 g/mol. The second-order valence-corrected chi connectivity index (χ2v) is 4.88. The van der Waals surface area contributed by atoms with Crippen molar-refractivity contribution in [3.8, 4) is 0 Å². The second-order valence-electron chi connectivity index (χ2n) is 4.88. The summed E-state index contributed by atoms with van der Waals surface area (Å²) in [6.45, 7) is 6.12. The zero-order valence-corrected chi connectivity index (χ0v) is 10.4. The third kappa shape index (κ3) is 2.52. The second kappa shape index (κ2) is 4.41. The molecule has 16 heavy (non-hydrogen) atoms. The fraction of sp³-hybridized carbons (Fsp3) is 0.818. The van der Waals surface area contributed by atoms with Crippen molar-refractivity contribution < 1.29 is 14.7 Å². The lowest BCUT2D eigenvalue weighted by Crippen LogP contribution is -2.67. The average molecular weight is 228 g/mol. The molecule has 1 aliphatic heterocycles. The molecule has 0 radical (unpaired) electrons. The maximum Gasteiger partial charge on any atom is 0.242 e. The summed E-state index contributed by atoms with van der Waals surface area (Å²) in [6, 6.07) is 0. The number of rotatable bonds is 3. The topological polar surface area (TPSA) is 60.9 Å². The lowest BCUT2D eigenvalue weighted by molar-refractivity contribution is -0.165. The largest absolute Gasteiger partial charge is 0.386 e. The van der Waals surface area contributed by atoms with Crippen molar-refractivity contribution >= 4 is 11.8 Å². The molecular formula is C11H20N2O3. The van der Waals surface area contributed by atoms with Crippen LogP contribution < -0.4 is 0 Å². The first-order valence-corrected chi connectivity index (χ1v) is 5.48. The molecule has 1 aliphatic rings. The van der Waals surface area contributed by atoms with Crippen molar-refractivity contribution in [1.29, 1.82) is 0 Å². The lowest BCUT2D eigenvalue weighted by Gasteiger charge is -2.49. The predicted octanol–water partition coefficient (Wildman–Crippen LogP) is -0.306. The van der Waals surface area contributed by atoms with Gasteiger partial charge in [0.2, 0.25) is 11.8 Å². The van der Waals surface area contributed by atoms with E-state index in [0.29, 0.717) is 13.1 Å². The molecule has 0 bridgehead atoms. The van der Waals surface area contributed by atoms with Crippen LogP contribution in [0.1, 0.15) is 20.8 Å². The number of likely N-dealkylation sites (N-methyl/N-ethyl adjacent to an activating group) is 1. The summed E-state index contributed by atoms with van der Waals surface area (Å²) in [6.07, 6.45) is 0. The minimum Gasteiger partial charge on any atom is -0.386 e. The lowest BCUT2D eigenvalue weighted by atomic mass is 9.83. The minimum absolute atomic E-state index is 0.0868. The van der Waals surface area contributed by atoms with Crippen LogP contribution in [-0.4, -0.2) is 59.0 Å². The number of β-amino-alcohol motifs (C(OH)–C–C–N with tert-alkyl or cyclic N) is 1. The first kappa shape index (κ1) is 13.0. The molecule has 92 valence electrons. The van der Waals surface area contributed by atoms with Crippen LogP contribution in [0.3, 0.4) is 0 Å². The van der Waals surface area contributed by atoms with Crippen LogP contribution in [-0.2, 0) is 9.59 Å². The fourth-order valence-corrected chi connectivity index (χ4v) is 1.57. The Morgan fingerprint density at radius 3 is 2.31 bits per heavy atom. The van der Waals surface area contributed by atoms with Crippen molar-refractivity contribution in [3.05, 3.63) is 0 Å². The van der Waals surface area contributed by atoms with Crippen molar-refractivity contribution in [2.45, 2.75) is 26.4 Å². The van der Waals surface area contributed by atoms with E-state index >= 15 is 0 Å². The van der Waals surface area contributed by atoms with E-state index in [9.17, 15) is 14.7 Å². The molecule has 1 saturated heterocycles. The Morgan fingerprint density at radius 2 is 1.94 bits per heavy atom. The number of amides is 2. The van der Waals surface area contributed by atoms with E-state index in [1.165, 1.54) is 11.8 Å². The Balaban J connectivity index is 2.41. The van der Waals surface area contributed by atoms with E-state index in [1.807, 2.05) is 13.8 Å². The fourth-order valence-electron chi connectivity index (χ4n) is 1.57. The Bertz CT molecular complexity index is 296. The number of carbonyl (C=O) groups excluding carboxylic acids is 2. The van der Waals surface area contributed by atoms with Gasteiger partial charge >= 0.3 is 0 Å². The predicted molar refractivity (Wildman–Crippen MR) is 59.7 cm³/mol. The third-order valence-corrected chi connectivity index (χ3v) is 3.27. The molecule has 5 heteroatoms. The number of hydrogen-bond acceptors (Lipinski definition) is 3. The van der Waals surface area contributed by atoms with Crippen molar-refractivity contribution in [1.82, 2.24) is 9.80 Å². The van der Waals surface area contributed by atoms with Gasteiger partial charge in [0.05, 0.1) is 19.6 Å². The van der Waals surface area contributed by atoms with Crippen LogP contribution >= 0.6 is 0 Å². The highest BCUT2D eigenvalue weighted by molar-refractivity contribution is 5.84. The summed E-state index contributed by atoms with van der Waals surface area (Å²) in [5.74, 6) is -0.0990. The van der Waals surface area contributed by atoms with E-state index in [4.69, 9.17) is 0 Å². The number of hydrogen-bond donors (Lipinski definition) is 1. The van der Waals surface area contributed by atoms with Crippen molar-refractivity contribution in [3.63, 3.8) is 0 Å². The Kier molecular flexibility index (Phi) is 3.57. The molecule has 0 aromatic heterocycles. The molecule has 1 N–H and O–H groups in total. The van der Waals surface area contributed by atoms with Gasteiger partial charge < -0.3 is 14.9 Å². The van der Waals surface area contributed by atoms with Crippen LogP contribution in [0, 0.1) is 5.92 Å². The first-order valence-electron chi connectivity index (χ1n) is 5.48. The standard InChI is InChI=1S/C11H20N2O3/c1-8(2)11(16)6-13(7-11)10(15)5-12(4)9(3)14/h8,16H,5-7H2,1-4H3. The van der Waals surface area contributed by atoms with E-state index in [1.54, 1.807) is 11.9 Å². The summed E-state index contributed by atoms with van der Waals surface area (Å²) >= 11 is 0. The van der Waals surface area contributed by atoms with E-state index in [0.717, 1.165) is 0 Å². The first-order chi connectivity index (χ1) is 7.26. The highest BCUT2D eigenvalue weighted by Crippen LogP contribution is 2.28. The third-order valence-electron chi connectivity index (χ3n) is 3.27. The minimum atomic E-state index is -0.746. The van der Waals surface area contributed by atoms with Crippen LogP contribution in [0.2, 0.25) is 0 Å². The van der Waals surface area contributed by atoms with E-state index < -0.39 is 5.60 Å². The smallest absolute Gasteiger partial charge is 0.242 e. The highest BCUT2D eigenvalue weighted by atomic mass is 16.3. The van der Waals surface area contributed by atoms with Gasteiger partial charge in [-0.2, -0.15) is 0 Å². The van der Waals surface area contributed by atoms with Crippen LogP contribution in [0.25, 0.3) is 0 Å². The van der Waals surface area contributed by atoms with E-state index in [-0.39, 0.29) is 24.3 Å². The van der Waals surface area contributed by atoms with Gasteiger partial charge in [-0.3, -0.25) is 9.59 Å². The van der Waals surface area contributed by atoms with Crippen LogP contribution in [0.5, 0.6) is 0 Å². The molecule has 0 aliphatic carbocycles. The molecule has 2 amide bonds. The van der Waals surface area contributed by atoms with E-state index in [2.05, 4.69) is 0 Å². The molecule has 0 aromatic rings. The summed E-state index contributed by atoms with van der Waals surface area (Å²) in [4.78, 5) is 25.6. The van der Waals surface area contributed by atoms with Gasteiger partial charge in [0.15, 0.2) is 0 Å². The highest BCUT2D eigenvalue weighted by Gasteiger charge is 2.45. The van der Waals surface area contributed by atoms with Gasteiger partial charge in [-0.15, -0.1) is 0 Å². The Morgan fingerprint density at radius 1 is 1.44 bits per heavy atom. The molecule has 5 nitrogen and oxygen atoms in total. The number of carbonyl (C=O) groups is 2. The molecule has 1 heterocycles. The zero-order chi connectivity index (χ0) is 12.5. The summed E-state index contributed by atoms with van der Waals surface area (Å²) in [7, 11) is 1.59. The van der Waals surface area contributed by atoms with Crippen LogP contribution in [0.4, 0.5) is 0 Å². The molecule has 1 rings (SSSR count). The maximum absolute atomic E-state index is 11.7. The summed E-state index contributed by atoms with van der Waals surface area (Å²) in [5, 5.41) is 9.98. The molecule has 0 aromatic carbocycles. The van der Waals surface area contributed by atoms with Gasteiger partial charge in [0.1, 0.15) is 5.60 Å². The Labute approximate surface area is 96.0 Å². The maximum atomic E-state index is 11.7. The Hall–Kier alpha value is -1.10. The zero-order valence-electron chi connectivity index (χ0n) is 10.4. The van der Waals surface area contributed by atoms with Crippen molar-refractivity contribution in [2.75, 3.05) is 26.7 Å². The molecule has 0 unspecified atom stereocenters. The van der Waals surface area contributed by atoms with Crippen molar-refractivity contribution in [2.24, 2.45) is 5.92 Å². The van der Waals surface area contributed by atoms with Gasteiger partial charge in [-0.25, -0.2) is 0 Å². The SMILES string of the molecule is CC(=O)N(C)CC(=O)N1CC(O)(C(C)C)C1. The van der Waals surface area contributed by atoms with Gasteiger partial charge in [0.25, 0.3) is 0 Å². The molecule has 0 spiro atoms. The van der Waals surface area contributed by atoms with Crippen LogP contribution in [0.15, 0.2) is 0 Å². The number of aliphatic hydroxyl groups is 1. The van der Waals surface area contributed by atoms with Gasteiger partial charge in [-0.1, -0.05) is 13.8 Å². The quantitative estimate of drug-likeness (QED) is 0.721. The molecule has 1 fully saturated rings.